The van der Waals surface area contributed by atoms with Crippen LogP contribution in [0.15, 0.2) is 47.4 Å². The smallest absolute Gasteiger partial charge is 0.416 e. The first-order valence-corrected chi connectivity index (χ1v) is 15.9. The Labute approximate surface area is 258 Å². The minimum atomic E-state index is -4.77. The average Bonchev–Trinajstić information content (AvgIpc) is 2.91. The maximum Gasteiger partial charge on any atom is 0.416 e. The fourth-order valence-corrected chi connectivity index (χ4v) is 5.17. The summed E-state index contributed by atoms with van der Waals surface area (Å²) in [5.74, 6) is -1.69. The molecular weight excluding hydrogens is 619 g/mol. The second-order valence-electron chi connectivity index (χ2n) is 11.5. The monoisotopic (exact) mass is 655 g/mol. The highest BCUT2D eigenvalue weighted by Gasteiger charge is 2.33. The van der Waals surface area contributed by atoms with Gasteiger partial charge in [-0.1, -0.05) is 12.8 Å². The molecule has 5 amide bonds. The molecule has 0 unspecified atom stereocenters. The third-order valence-corrected chi connectivity index (χ3v) is 7.73. The van der Waals surface area contributed by atoms with Gasteiger partial charge in [0.1, 0.15) is 5.60 Å². The minimum absolute atomic E-state index is 0.0965. The van der Waals surface area contributed by atoms with Crippen molar-refractivity contribution in [2.45, 2.75) is 75.2 Å². The molecule has 12 nitrogen and oxygen atoms in total. The Kier molecular flexibility index (Phi) is 11.1. The van der Waals surface area contributed by atoms with E-state index in [9.17, 15) is 40.8 Å². The van der Waals surface area contributed by atoms with E-state index >= 15 is 0 Å². The van der Waals surface area contributed by atoms with Crippen LogP contribution >= 0.6 is 0 Å². The molecule has 1 aliphatic carbocycles. The highest BCUT2D eigenvalue weighted by molar-refractivity contribution is 7.90. The second-order valence-corrected chi connectivity index (χ2v) is 13.5. The molecule has 0 spiro atoms. The first-order chi connectivity index (χ1) is 20.8. The molecule has 246 valence electrons. The lowest BCUT2D eigenvalue weighted by atomic mass is 9.90. The van der Waals surface area contributed by atoms with Gasteiger partial charge in [-0.15, -0.1) is 0 Å². The summed E-state index contributed by atoms with van der Waals surface area (Å²) in [7, 11) is -3.40. The van der Waals surface area contributed by atoms with Crippen molar-refractivity contribution in [2.75, 3.05) is 23.4 Å². The summed E-state index contributed by atoms with van der Waals surface area (Å²) in [5.41, 5.74) is -2.46. The van der Waals surface area contributed by atoms with Gasteiger partial charge in [0.05, 0.1) is 34.3 Å². The van der Waals surface area contributed by atoms with Crippen LogP contribution in [0.1, 0.15) is 62.4 Å². The van der Waals surface area contributed by atoms with Crippen molar-refractivity contribution in [3.63, 3.8) is 0 Å². The van der Waals surface area contributed by atoms with Gasteiger partial charge in [0.15, 0.2) is 9.84 Å². The number of alkyl halides is 3. The van der Waals surface area contributed by atoms with Gasteiger partial charge in [-0.05, 0) is 76.1 Å². The molecule has 1 fully saturated rings. The van der Waals surface area contributed by atoms with Crippen LogP contribution in [0.25, 0.3) is 0 Å². The van der Waals surface area contributed by atoms with Crippen molar-refractivity contribution in [1.82, 2.24) is 16.0 Å². The summed E-state index contributed by atoms with van der Waals surface area (Å²) in [6, 6.07) is 6.25. The van der Waals surface area contributed by atoms with Gasteiger partial charge in [0.2, 0.25) is 5.91 Å². The lowest BCUT2D eigenvalue weighted by Crippen LogP contribution is -2.55. The fourth-order valence-electron chi connectivity index (χ4n) is 4.54. The van der Waals surface area contributed by atoms with Crippen LogP contribution in [0.2, 0.25) is 0 Å². The van der Waals surface area contributed by atoms with Crippen LogP contribution in [-0.4, -0.2) is 62.8 Å². The molecule has 0 aliphatic heterocycles. The van der Waals surface area contributed by atoms with Crippen LogP contribution in [0.4, 0.5) is 34.1 Å². The van der Waals surface area contributed by atoms with Crippen LogP contribution in [0, 0.1) is 0 Å². The molecule has 5 N–H and O–H groups in total. The highest BCUT2D eigenvalue weighted by atomic mass is 32.2. The second kappa shape index (κ2) is 14.2. The van der Waals surface area contributed by atoms with Crippen molar-refractivity contribution < 1.29 is 45.5 Å². The summed E-state index contributed by atoms with van der Waals surface area (Å²) in [5, 5.41) is 12.7. The Balaban J connectivity index is 1.62. The topological polar surface area (TPSA) is 172 Å². The van der Waals surface area contributed by atoms with E-state index in [4.69, 9.17) is 4.74 Å². The predicted octanol–water partition coefficient (Wildman–Crippen LogP) is 4.43. The summed E-state index contributed by atoms with van der Waals surface area (Å²) < 4.78 is 68.5. The van der Waals surface area contributed by atoms with Gasteiger partial charge in [-0.2, -0.15) is 13.2 Å². The van der Waals surface area contributed by atoms with E-state index in [0.29, 0.717) is 30.7 Å². The van der Waals surface area contributed by atoms with Gasteiger partial charge < -0.3 is 26.0 Å². The molecule has 0 bridgehead atoms. The lowest BCUT2D eigenvalue weighted by Gasteiger charge is -2.32. The largest absolute Gasteiger partial charge is 0.444 e. The summed E-state index contributed by atoms with van der Waals surface area (Å²) in [6.45, 7) is 4.17. The van der Waals surface area contributed by atoms with E-state index in [2.05, 4.69) is 26.6 Å². The number of carbonyl (C=O) groups is 4. The number of urea groups is 1. The average molecular weight is 656 g/mol. The SMILES string of the molecule is CC(C)(C)OC(=O)Nc1ccc(C(F)(F)F)cc1C(=O)NCC(=O)N[C@@H]1CCCC[C@@H]1NC(=O)Nc1ccc(S(C)(=O)=O)cc1. The van der Waals surface area contributed by atoms with E-state index < -0.39 is 75.3 Å². The third-order valence-electron chi connectivity index (χ3n) is 6.61. The summed E-state index contributed by atoms with van der Waals surface area (Å²) in [6.07, 6.45) is -2.09. The van der Waals surface area contributed by atoms with Crippen molar-refractivity contribution in [3.8, 4) is 0 Å². The van der Waals surface area contributed by atoms with Gasteiger partial charge in [0, 0.05) is 18.0 Å². The molecule has 0 aromatic heterocycles. The molecule has 0 radical (unpaired) electrons. The zero-order valence-electron chi connectivity index (χ0n) is 25.1. The minimum Gasteiger partial charge on any atom is -0.444 e. The van der Waals surface area contributed by atoms with Crippen molar-refractivity contribution in [2.24, 2.45) is 0 Å². The zero-order valence-corrected chi connectivity index (χ0v) is 25.9. The van der Waals surface area contributed by atoms with E-state index in [1.54, 1.807) is 20.8 Å². The predicted molar refractivity (Wildman–Crippen MR) is 160 cm³/mol. The quantitative estimate of drug-likeness (QED) is 0.280. The first-order valence-electron chi connectivity index (χ1n) is 14.0. The van der Waals surface area contributed by atoms with E-state index in [-0.39, 0.29) is 10.6 Å². The number of carbonyl (C=O) groups excluding carboxylic acids is 4. The number of nitrogens with one attached hydrogen (secondary N) is 5. The third kappa shape index (κ3) is 11.0. The molecule has 3 rings (SSSR count). The maximum absolute atomic E-state index is 13.4. The van der Waals surface area contributed by atoms with Crippen LogP contribution in [-0.2, 0) is 25.5 Å². The molecule has 1 aliphatic rings. The fraction of sp³-hybridized carbons (Fsp3) is 0.448. The van der Waals surface area contributed by atoms with E-state index in [1.807, 2.05) is 0 Å². The number of hydrogen-bond acceptors (Lipinski definition) is 7. The molecule has 2 aromatic carbocycles. The molecule has 16 heteroatoms. The molecule has 0 saturated heterocycles. The summed E-state index contributed by atoms with van der Waals surface area (Å²) >= 11 is 0. The molecule has 0 heterocycles. The molecular formula is C29H36F3N5O7S. The molecule has 2 aromatic rings. The number of anilines is 2. The number of rotatable bonds is 8. The lowest BCUT2D eigenvalue weighted by molar-refractivity contribution is -0.137. The Morgan fingerprint density at radius 2 is 1.49 bits per heavy atom. The molecule has 1 saturated carbocycles. The molecule has 45 heavy (non-hydrogen) atoms. The van der Waals surface area contributed by atoms with Crippen molar-refractivity contribution >= 4 is 45.2 Å². The Hall–Kier alpha value is -4.34. The van der Waals surface area contributed by atoms with Gasteiger partial charge in [-0.25, -0.2) is 18.0 Å². The number of amides is 5. The number of halogens is 3. The summed E-state index contributed by atoms with van der Waals surface area (Å²) in [4.78, 5) is 50.6. The van der Waals surface area contributed by atoms with Crippen LogP contribution in [0.5, 0.6) is 0 Å². The number of ether oxygens (including phenoxy) is 1. The standard InChI is InChI=1S/C29H36F3N5O7S/c1-28(2,3)44-27(41)37-21-14-9-17(29(30,31)32)15-20(21)25(39)33-16-24(38)35-22-7-5-6-8-23(22)36-26(40)34-18-10-12-19(13-11-18)45(4,42)43/h9-15,22-23H,5-8,16H2,1-4H3,(H,33,39)(H,35,38)(H,37,41)(H2,34,36,40)/t22-,23+/m1/s1. The van der Waals surface area contributed by atoms with Gasteiger partial charge >= 0.3 is 18.3 Å². The van der Waals surface area contributed by atoms with Crippen molar-refractivity contribution in [3.05, 3.63) is 53.6 Å². The van der Waals surface area contributed by atoms with Gasteiger partial charge in [0.25, 0.3) is 5.91 Å². The number of benzene rings is 2. The Morgan fingerprint density at radius 1 is 0.889 bits per heavy atom. The van der Waals surface area contributed by atoms with Crippen LogP contribution < -0.4 is 26.6 Å². The Bertz CT molecular complexity index is 1520. The highest BCUT2D eigenvalue weighted by Crippen LogP contribution is 2.32. The normalized spacial score (nSPS) is 17.0. The number of sulfone groups is 1. The molecule has 2 atom stereocenters. The Morgan fingerprint density at radius 3 is 2.04 bits per heavy atom. The van der Waals surface area contributed by atoms with E-state index in [0.717, 1.165) is 25.2 Å². The van der Waals surface area contributed by atoms with Gasteiger partial charge in [-0.3, -0.25) is 14.9 Å². The maximum atomic E-state index is 13.4. The number of hydrogen-bond donors (Lipinski definition) is 5. The van der Waals surface area contributed by atoms with Crippen LogP contribution in [0.3, 0.4) is 0 Å². The first kappa shape index (κ1) is 35.1. The van der Waals surface area contributed by atoms with E-state index in [1.165, 1.54) is 24.3 Å². The van der Waals surface area contributed by atoms with Crippen molar-refractivity contribution in [1.29, 1.82) is 0 Å². The zero-order chi connectivity index (χ0) is 33.6.